The topological polar surface area (TPSA) is 114 Å². The monoisotopic (exact) mass is 236 g/mol. The maximum Gasteiger partial charge on any atom is 0.267 e. The Morgan fingerprint density at radius 1 is 1.53 bits per heavy atom. The summed E-state index contributed by atoms with van der Waals surface area (Å²) in [6, 6.07) is 1.45. The molecule has 0 bridgehead atoms. The molecule has 2 amide bonds. The molecule has 1 aromatic rings. The van der Waals surface area contributed by atoms with Crippen LogP contribution in [-0.4, -0.2) is 29.4 Å². The van der Waals surface area contributed by atoms with Crippen LogP contribution < -0.4 is 16.8 Å². The van der Waals surface area contributed by atoms with E-state index in [1.54, 1.807) is 0 Å². The first-order valence-corrected chi connectivity index (χ1v) is 5.60. The van der Waals surface area contributed by atoms with Crippen molar-refractivity contribution in [3.63, 3.8) is 0 Å². The van der Waals surface area contributed by atoms with Gasteiger partial charge in [0, 0.05) is 18.8 Å². The van der Waals surface area contributed by atoms with Crippen molar-refractivity contribution in [2.75, 3.05) is 6.54 Å². The number of amides is 2. The molecule has 1 fully saturated rings. The molecule has 0 aliphatic heterocycles. The Morgan fingerprint density at radius 2 is 2.24 bits per heavy atom. The molecule has 0 radical (unpaired) electrons. The Kier molecular flexibility index (Phi) is 3.14. The molecule has 6 heteroatoms. The minimum absolute atomic E-state index is 0.0181. The SMILES string of the molecule is NC(=O)c1c[nH]c(C(=O)NCC(N)C2CC2)c1. The van der Waals surface area contributed by atoms with Gasteiger partial charge < -0.3 is 21.8 Å². The van der Waals surface area contributed by atoms with Gasteiger partial charge >= 0.3 is 0 Å². The number of carbonyl (C=O) groups is 2. The molecule has 6 nitrogen and oxygen atoms in total. The molecule has 17 heavy (non-hydrogen) atoms. The lowest BCUT2D eigenvalue weighted by Crippen LogP contribution is -2.38. The fourth-order valence-corrected chi connectivity index (χ4v) is 1.66. The Balaban J connectivity index is 1.87. The van der Waals surface area contributed by atoms with E-state index in [0.29, 0.717) is 23.7 Å². The molecule has 1 aromatic heterocycles. The van der Waals surface area contributed by atoms with Gasteiger partial charge in [-0.2, -0.15) is 0 Å². The first kappa shape index (κ1) is 11.7. The smallest absolute Gasteiger partial charge is 0.267 e. The lowest BCUT2D eigenvalue weighted by Gasteiger charge is -2.10. The minimum Gasteiger partial charge on any atom is -0.366 e. The summed E-state index contributed by atoms with van der Waals surface area (Å²) in [5.41, 5.74) is 11.6. The largest absolute Gasteiger partial charge is 0.366 e. The first-order chi connectivity index (χ1) is 8.08. The predicted octanol–water partition coefficient (Wildman–Crippen LogP) is -0.419. The average molecular weight is 236 g/mol. The van der Waals surface area contributed by atoms with E-state index in [-0.39, 0.29) is 11.9 Å². The molecule has 0 spiro atoms. The van der Waals surface area contributed by atoms with Crippen molar-refractivity contribution in [3.8, 4) is 0 Å². The number of carbonyl (C=O) groups excluding carboxylic acids is 2. The Hall–Kier alpha value is -1.82. The number of primary amides is 1. The van der Waals surface area contributed by atoms with Gasteiger partial charge in [-0.25, -0.2) is 0 Å². The third-order valence-corrected chi connectivity index (χ3v) is 2.94. The Bertz CT molecular complexity index is 436. The molecule has 1 unspecified atom stereocenters. The summed E-state index contributed by atoms with van der Waals surface area (Å²) in [7, 11) is 0. The molecule has 1 aliphatic carbocycles. The molecule has 1 atom stereocenters. The van der Waals surface area contributed by atoms with Crippen LogP contribution in [-0.2, 0) is 0 Å². The van der Waals surface area contributed by atoms with Crippen LogP contribution in [0.4, 0.5) is 0 Å². The van der Waals surface area contributed by atoms with E-state index in [4.69, 9.17) is 11.5 Å². The maximum atomic E-state index is 11.7. The number of aromatic amines is 1. The molecule has 6 N–H and O–H groups in total. The van der Waals surface area contributed by atoms with Crippen molar-refractivity contribution >= 4 is 11.8 Å². The van der Waals surface area contributed by atoms with Crippen molar-refractivity contribution in [2.24, 2.45) is 17.4 Å². The maximum absolute atomic E-state index is 11.7. The van der Waals surface area contributed by atoms with Crippen LogP contribution in [0.25, 0.3) is 0 Å². The van der Waals surface area contributed by atoms with E-state index >= 15 is 0 Å². The van der Waals surface area contributed by atoms with Crippen LogP contribution in [0, 0.1) is 5.92 Å². The van der Waals surface area contributed by atoms with Crippen LogP contribution in [0.2, 0.25) is 0 Å². The standard InChI is InChI=1S/C11H16N4O2/c12-8(6-1-2-6)5-15-11(17)9-3-7(4-14-9)10(13)16/h3-4,6,8,14H,1-2,5,12H2,(H2,13,16)(H,15,17). The fraction of sp³-hybridized carbons (Fsp3) is 0.455. The quantitative estimate of drug-likeness (QED) is 0.556. The van der Waals surface area contributed by atoms with Crippen molar-refractivity contribution in [3.05, 3.63) is 23.5 Å². The highest BCUT2D eigenvalue weighted by atomic mass is 16.2. The zero-order valence-corrected chi connectivity index (χ0v) is 9.40. The molecule has 1 aliphatic rings. The van der Waals surface area contributed by atoms with Crippen LogP contribution >= 0.6 is 0 Å². The molecular formula is C11H16N4O2. The van der Waals surface area contributed by atoms with Crippen LogP contribution in [0.5, 0.6) is 0 Å². The lowest BCUT2D eigenvalue weighted by atomic mass is 10.2. The van der Waals surface area contributed by atoms with Gasteiger partial charge in [-0.15, -0.1) is 0 Å². The van der Waals surface area contributed by atoms with Crippen LogP contribution in [0.15, 0.2) is 12.3 Å². The normalized spacial score (nSPS) is 16.5. The van der Waals surface area contributed by atoms with Gasteiger partial charge in [0.05, 0.1) is 5.56 Å². The summed E-state index contributed by atoms with van der Waals surface area (Å²) in [4.78, 5) is 25.2. The number of nitrogens with one attached hydrogen (secondary N) is 2. The van der Waals surface area contributed by atoms with Crippen molar-refractivity contribution in [1.29, 1.82) is 0 Å². The molecule has 2 rings (SSSR count). The number of hydrogen-bond donors (Lipinski definition) is 4. The summed E-state index contributed by atoms with van der Waals surface area (Å²) >= 11 is 0. The predicted molar refractivity (Wildman–Crippen MR) is 62.3 cm³/mol. The molecule has 1 heterocycles. The molecule has 0 saturated heterocycles. The van der Waals surface area contributed by atoms with E-state index in [1.807, 2.05) is 0 Å². The van der Waals surface area contributed by atoms with E-state index in [1.165, 1.54) is 12.3 Å². The van der Waals surface area contributed by atoms with E-state index in [0.717, 1.165) is 12.8 Å². The second-order valence-electron chi connectivity index (χ2n) is 4.38. The summed E-state index contributed by atoms with van der Waals surface area (Å²) in [6.45, 7) is 0.453. The fourth-order valence-electron chi connectivity index (χ4n) is 1.66. The number of hydrogen-bond acceptors (Lipinski definition) is 3. The number of H-pyrrole nitrogens is 1. The third kappa shape index (κ3) is 2.85. The Labute approximate surface area is 98.7 Å². The molecule has 1 saturated carbocycles. The van der Waals surface area contributed by atoms with Crippen molar-refractivity contribution < 1.29 is 9.59 Å². The van der Waals surface area contributed by atoms with Crippen molar-refractivity contribution in [2.45, 2.75) is 18.9 Å². The van der Waals surface area contributed by atoms with Gasteiger partial charge in [0.1, 0.15) is 5.69 Å². The van der Waals surface area contributed by atoms with E-state index < -0.39 is 5.91 Å². The number of rotatable bonds is 5. The van der Waals surface area contributed by atoms with Gasteiger partial charge in [-0.05, 0) is 24.8 Å². The van der Waals surface area contributed by atoms with Crippen molar-refractivity contribution in [1.82, 2.24) is 10.3 Å². The highest BCUT2D eigenvalue weighted by molar-refractivity contribution is 5.98. The minimum atomic E-state index is -0.560. The van der Waals surface area contributed by atoms with E-state index in [2.05, 4.69) is 10.3 Å². The Morgan fingerprint density at radius 3 is 2.76 bits per heavy atom. The average Bonchev–Trinajstić information content (AvgIpc) is 3.02. The van der Waals surface area contributed by atoms with Crippen LogP contribution in [0.3, 0.4) is 0 Å². The second kappa shape index (κ2) is 4.58. The highest BCUT2D eigenvalue weighted by Gasteiger charge is 2.28. The second-order valence-corrected chi connectivity index (χ2v) is 4.38. The molecule has 92 valence electrons. The summed E-state index contributed by atoms with van der Waals surface area (Å²) in [6.07, 6.45) is 3.70. The van der Waals surface area contributed by atoms with Gasteiger partial charge in [0.25, 0.3) is 5.91 Å². The van der Waals surface area contributed by atoms with Gasteiger partial charge in [-0.3, -0.25) is 9.59 Å². The highest BCUT2D eigenvalue weighted by Crippen LogP contribution is 2.31. The summed E-state index contributed by atoms with van der Waals surface area (Å²) in [5.74, 6) is -0.288. The van der Waals surface area contributed by atoms with E-state index in [9.17, 15) is 9.59 Å². The first-order valence-electron chi connectivity index (χ1n) is 5.60. The zero-order valence-electron chi connectivity index (χ0n) is 9.40. The van der Waals surface area contributed by atoms with Crippen LogP contribution in [0.1, 0.15) is 33.7 Å². The third-order valence-electron chi connectivity index (χ3n) is 2.94. The molecular weight excluding hydrogens is 220 g/mol. The van der Waals surface area contributed by atoms with Gasteiger partial charge in [0.15, 0.2) is 0 Å². The number of nitrogens with two attached hydrogens (primary N) is 2. The van der Waals surface area contributed by atoms with Gasteiger partial charge in [-0.1, -0.05) is 0 Å². The summed E-state index contributed by atoms with van der Waals surface area (Å²) in [5, 5.41) is 2.73. The number of aromatic nitrogens is 1. The lowest BCUT2D eigenvalue weighted by molar-refractivity contribution is 0.0945. The van der Waals surface area contributed by atoms with Gasteiger partial charge in [0.2, 0.25) is 5.91 Å². The zero-order chi connectivity index (χ0) is 12.4. The molecule has 0 aromatic carbocycles. The summed E-state index contributed by atoms with van der Waals surface area (Å²) < 4.78 is 0.